The number of sulfone groups is 1. The summed E-state index contributed by atoms with van der Waals surface area (Å²) in [7, 11) is -2.39. The van der Waals surface area contributed by atoms with Crippen molar-refractivity contribution < 1.29 is 37.1 Å². The van der Waals surface area contributed by atoms with E-state index in [1.54, 1.807) is 13.8 Å². The number of hydrogen-bond acceptors (Lipinski definition) is 7. The molecule has 0 radical (unpaired) electrons. The SMILES string of the molecule is CN1C(=O)N(CC(CCS(=O)(=O)c2ccc(Oc3ccc(F)cc3)cc2)N(O)C=O)C(=O)C1(C)C. The Bertz CT molecular complexity index is 1200. The Labute approximate surface area is 202 Å². The van der Waals surface area contributed by atoms with Gasteiger partial charge in [0.1, 0.15) is 22.9 Å². The number of halogens is 1. The number of likely N-dealkylation sites (N-methyl/N-ethyl adjacent to an activating group) is 1. The van der Waals surface area contributed by atoms with Gasteiger partial charge in [-0.25, -0.2) is 22.7 Å². The molecule has 0 aromatic heterocycles. The van der Waals surface area contributed by atoms with Gasteiger partial charge >= 0.3 is 6.03 Å². The maximum atomic E-state index is 13.0. The molecule has 1 saturated heterocycles. The third kappa shape index (κ3) is 5.60. The predicted molar refractivity (Wildman–Crippen MR) is 122 cm³/mol. The first-order valence-corrected chi connectivity index (χ1v) is 12.3. The quantitative estimate of drug-likeness (QED) is 0.227. The molecule has 0 saturated carbocycles. The lowest BCUT2D eigenvalue weighted by Gasteiger charge is -2.26. The van der Waals surface area contributed by atoms with Crippen LogP contribution < -0.4 is 4.74 Å². The van der Waals surface area contributed by atoms with Gasteiger partial charge in [-0.2, -0.15) is 0 Å². The molecule has 1 unspecified atom stereocenters. The maximum absolute atomic E-state index is 13.0. The topological polar surface area (TPSA) is 125 Å². The summed E-state index contributed by atoms with van der Waals surface area (Å²) < 4.78 is 44.3. The third-order valence-electron chi connectivity index (χ3n) is 5.95. The van der Waals surface area contributed by atoms with Crippen molar-refractivity contribution in [3.05, 3.63) is 54.3 Å². The fraction of sp³-hybridized carbons (Fsp3) is 0.348. The van der Waals surface area contributed by atoms with Crippen LogP contribution in [0, 0.1) is 5.82 Å². The minimum absolute atomic E-state index is 0.0208. The zero-order valence-corrected chi connectivity index (χ0v) is 20.2. The highest BCUT2D eigenvalue weighted by atomic mass is 32.2. The summed E-state index contributed by atoms with van der Waals surface area (Å²) in [5.41, 5.74) is -1.10. The first-order valence-electron chi connectivity index (χ1n) is 10.7. The summed E-state index contributed by atoms with van der Waals surface area (Å²) in [6, 6.07) is 9.16. The van der Waals surface area contributed by atoms with Crippen molar-refractivity contribution in [3.63, 3.8) is 0 Å². The van der Waals surface area contributed by atoms with Gasteiger partial charge in [-0.15, -0.1) is 0 Å². The Kier molecular flexibility index (Phi) is 7.46. The largest absolute Gasteiger partial charge is 0.457 e. The summed E-state index contributed by atoms with van der Waals surface area (Å²) in [4.78, 5) is 38.4. The van der Waals surface area contributed by atoms with Crippen LogP contribution in [0.25, 0.3) is 0 Å². The predicted octanol–water partition coefficient (Wildman–Crippen LogP) is 2.67. The van der Waals surface area contributed by atoms with Gasteiger partial charge in [0.2, 0.25) is 6.41 Å². The minimum atomic E-state index is -3.84. The van der Waals surface area contributed by atoms with Crippen molar-refractivity contribution in [2.45, 2.75) is 36.7 Å². The molecule has 1 N–H and O–H groups in total. The molecule has 2 aromatic carbocycles. The van der Waals surface area contributed by atoms with Crippen molar-refractivity contribution >= 4 is 28.2 Å². The molecule has 0 spiro atoms. The maximum Gasteiger partial charge on any atom is 0.327 e. The molecule has 1 atom stereocenters. The Morgan fingerprint density at radius 1 is 1.09 bits per heavy atom. The van der Waals surface area contributed by atoms with Gasteiger partial charge in [-0.05, 0) is 68.8 Å². The van der Waals surface area contributed by atoms with Crippen molar-refractivity contribution in [3.8, 4) is 11.5 Å². The lowest BCUT2D eigenvalue weighted by Crippen LogP contribution is -2.46. The number of benzene rings is 2. The highest BCUT2D eigenvalue weighted by Gasteiger charge is 2.50. The molecule has 3 rings (SSSR count). The van der Waals surface area contributed by atoms with Gasteiger partial charge in [0.05, 0.1) is 23.2 Å². The monoisotopic (exact) mass is 507 g/mol. The van der Waals surface area contributed by atoms with E-state index in [0.717, 1.165) is 4.90 Å². The van der Waals surface area contributed by atoms with E-state index in [9.17, 15) is 32.4 Å². The van der Waals surface area contributed by atoms with Gasteiger partial charge in [-0.3, -0.25) is 19.7 Å². The molecular weight excluding hydrogens is 481 g/mol. The van der Waals surface area contributed by atoms with E-state index in [2.05, 4.69) is 0 Å². The smallest absolute Gasteiger partial charge is 0.327 e. The number of nitrogens with zero attached hydrogens (tertiary/aromatic N) is 3. The van der Waals surface area contributed by atoms with Crippen LogP contribution in [0.3, 0.4) is 0 Å². The number of urea groups is 1. The Hall–Kier alpha value is -3.51. The van der Waals surface area contributed by atoms with E-state index in [-0.39, 0.29) is 29.3 Å². The molecule has 188 valence electrons. The van der Waals surface area contributed by atoms with Crippen LogP contribution in [0.5, 0.6) is 11.5 Å². The molecule has 35 heavy (non-hydrogen) atoms. The molecule has 0 bridgehead atoms. The first-order chi connectivity index (χ1) is 16.4. The van der Waals surface area contributed by atoms with Crippen molar-refractivity contribution in [2.75, 3.05) is 19.3 Å². The van der Waals surface area contributed by atoms with E-state index in [0.29, 0.717) is 11.5 Å². The molecule has 1 aliphatic heterocycles. The zero-order chi connectivity index (χ0) is 26.0. The summed E-state index contributed by atoms with van der Waals surface area (Å²) >= 11 is 0. The van der Waals surface area contributed by atoms with Crippen LogP contribution in [0.1, 0.15) is 20.3 Å². The van der Waals surface area contributed by atoms with E-state index in [1.165, 1.54) is 60.5 Å². The fourth-order valence-corrected chi connectivity index (χ4v) is 4.88. The number of rotatable bonds is 10. The van der Waals surface area contributed by atoms with E-state index < -0.39 is 44.9 Å². The normalized spacial score (nSPS) is 16.4. The second-order valence-corrected chi connectivity index (χ2v) is 10.7. The van der Waals surface area contributed by atoms with Gasteiger partial charge in [-0.1, -0.05) is 0 Å². The zero-order valence-electron chi connectivity index (χ0n) is 19.4. The Morgan fingerprint density at radius 3 is 2.11 bits per heavy atom. The summed E-state index contributed by atoms with van der Waals surface area (Å²) in [5.74, 6) is -0.678. The second kappa shape index (κ2) is 10.0. The van der Waals surface area contributed by atoms with Gasteiger partial charge in [0.25, 0.3) is 5.91 Å². The second-order valence-electron chi connectivity index (χ2n) is 8.59. The van der Waals surface area contributed by atoms with Crippen molar-refractivity contribution in [2.24, 2.45) is 0 Å². The summed E-state index contributed by atoms with van der Waals surface area (Å²) in [5, 5.41) is 10.2. The van der Waals surface area contributed by atoms with Crippen LogP contribution in [-0.2, 0) is 19.4 Å². The molecule has 2 aromatic rings. The molecule has 4 amide bonds. The molecule has 1 heterocycles. The number of carbonyl (C=O) groups is 3. The van der Waals surface area contributed by atoms with Crippen LogP contribution >= 0.6 is 0 Å². The molecule has 0 aliphatic carbocycles. The highest BCUT2D eigenvalue weighted by molar-refractivity contribution is 7.91. The molecule has 12 heteroatoms. The van der Waals surface area contributed by atoms with Crippen LogP contribution in [-0.4, -0.2) is 77.8 Å². The Morgan fingerprint density at radius 2 is 1.63 bits per heavy atom. The van der Waals surface area contributed by atoms with Crippen molar-refractivity contribution in [1.29, 1.82) is 0 Å². The molecule has 1 aliphatic rings. The standard InChI is InChI=1S/C23H26FN3O7S/c1-23(2)21(29)26(22(30)25(23)3)14-17(27(31)15-28)12-13-35(32,33)20-10-8-19(9-11-20)34-18-6-4-16(24)5-7-18/h4-11,15,17,31H,12-14H2,1-3H3. The average Bonchev–Trinajstić information content (AvgIpc) is 2.97. The van der Waals surface area contributed by atoms with E-state index in [4.69, 9.17) is 4.74 Å². The van der Waals surface area contributed by atoms with E-state index in [1.807, 2.05) is 0 Å². The molecule has 1 fully saturated rings. The number of hydroxylamine groups is 2. The fourth-order valence-electron chi connectivity index (χ4n) is 3.51. The van der Waals surface area contributed by atoms with Crippen LogP contribution in [0.15, 0.2) is 53.4 Å². The minimum Gasteiger partial charge on any atom is -0.457 e. The number of amides is 4. The van der Waals surface area contributed by atoms with E-state index >= 15 is 0 Å². The average molecular weight is 508 g/mol. The lowest BCUT2D eigenvalue weighted by molar-refractivity contribution is -0.162. The van der Waals surface area contributed by atoms with Crippen LogP contribution in [0.4, 0.5) is 9.18 Å². The third-order valence-corrected chi connectivity index (χ3v) is 7.72. The summed E-state index contributed by atoms with van der Waals surface area (Å²) in [6.45, 7) is 2.76. The Balaban J connectivity index is 1.69. The van der Waals surface area contributed by atoms with Gasteiger partial charge < -0.3 is 9.64 Å². The molecule has 10 nitrogen and oxygen atoms in total. The number of hydrogen-bond donors (Lipinski definition) is 1. The summed E-state index contributed by atoms with van der Waals surface area (Å²) in [6.07, 6.45) is -0.134. The highest BCUT2D eigenvalue weighted by Crippen LogP contribution is 2.27. The number of carbonyl (C=O) groups excluding carboxylic acids is 3. The first kappa shape index (κ1) is 26.1. The number of ether oxygens (including phenoxy) is 1. The molecular formula is C23H26FN3O7S. The van der Waals surface area contributed by atoms with Crippen molar-refractivity contribution in [1.82, 2.24) is 14.9 Å². The van der Waals surface area contributed by atoms with Gasteiger partial charge in [0.15, 0.2) is 9.84 Å². The van der Waals surface area contributed by atoms with Gasteiger partial charge in [0, 0.05) is 7.05 Å². The number of imide groups is 1. The van der Waals surface area contributed by atoms with Crippen LogP contribution in [0.2, 0.25) is 0 Å². The lowest BCUT2D eigenvalue weighted by atomic mass is 10.0.